The molecule has 0 atom stereocenters. The first-order chi connectivity index (χ1) is 11.1. The molecule has 1 N–H and O–H groups in total. The van der Waals surface area contributed by atoms with Crippen LogP contribution in [0.3, 0.4) is 0 Å². The van der Waals surface area contributed by atoms with Crippen molar-refractivity contribution in [3.8, 4) is 5.75 Å². The van der Waals surface area contributed by atoms with E-state index in [2.05, 4.69) is 5.32 Å². The molecular formula is C18H18ClNO3. The average molecular weight is 332 g/mol. The van der Waals surface area contributed by atoms with Crippen LogP contribution in [0.15, 0.2) is 54.6 Å². The Bertz CT molecular complexity index is 658. The number of hydrogen-bond acceptors (Lipinski definition) is 3. The number of Topliss-reactive ketones (excluding diaryl/α,β-unsaturated/α-hetero) is 1. The molecule has 5 heteroatoms. The molecule has 2 rings (SSSR count). The maximum atomic E-state index is 11.7. The van der Waals surface area contributed by atoms with Gasteiger partial charge in [0.25, 0.3) is 0 Å². The lowest BCUT2D eigenvalue weighted by Gasteiger charge is -2.07. The van der Waals surface area contributed by atoms with E-state index in [0.29, 0.717) is 17.3 Å². The summed E-state index contributed by atoms with van der Waals surface area (Å²) in [5, 5.41) is 3.39. The fraction of sp³-hybridized carbons (Fsp3) is 0.222. The number of carbonyl (C=O) groups is 2. The standard InChI is InChI=1S/C18H18ClNO3/c19-15-6-4-5-14(11-15)12-20-18(22)10-9-16(21)13-23-17-7-2-1-3-8-17/h1-8,11H,9-10,12-13H2,(H,20,22). The van der Waals surface area contributed by atoms with Gasteiger partial charge in [0, 0.05) is 24.4 Å². The summed E-state index contributed by atoms with van der Waals surface area (Å²) < 4.78 is 5.35. The molecular weight excluding hydrogens is 314 g/mol. The summed E-state index contributed by atoms with van der Waals surface area (Å²) in [5.74, 6) is 0.371. The number of rotatable bonds is 8. The Labute approximate surface area is 140 Å². The number of amides is 1. The first kappa shape index (κ1) is 17.0. The molecule has 2 aromatic rings. The highest BCUT2D eigenvalue weighted by Crippen LogP contribution is 2.10. The molecule has 0 aromatic heterocycles. The second kappa shape index (κ2) is 8.96. The van der Waals surface area contributed by atoms with Crippen molar-refractivity contribution in [2.75, 3.05) is 6.61 Å². The van der Waals surface area contributed by atoms with Crippen LogP contribution in [0, 0.1) is 0 Å². The van der Waals surface area contributed by atoms with E-state index < -0.39 is 0 Å². The molecule has 0 unspecified atom stereocenters. The van der Waals surface area contributed by atoms with E-state index >= 15 is 0 Å². The van der Waals surface area contributed by atoms with E-state index in [0.717, 1.165) is 5.56 Å². The fourth-order valence-corrected chi connectivity index (χ4v) is 2.15. The number of ketones is 1. The van der Waals surface area contributed by atoms with Crippen molar-refractivity contribution in [1.82, 2.24) is 5.32 Å². The van der Waals surface area contributed by atoms with Gasteiger partial charge in [-0.05, 0) is 29.8 Å². The van der Waals surface area contributed by atoms with Crippen LogP contribution < -0.4 is 10.1 Å². The molecule has 4 nitrogen and oxygen atoms in total. The molecule has 0 heterocycles. The maximum absolute atomic E-state index is 11.7. The third kappa shape index (κ3) is 6.53. The van der Waals surface area contributed by atoms with Crippen LogP contribution in [0.2, 0.25) is 5.02 Å². The maximum Gasteiger partial charge on any atom is 0.220 e. The Morgan fingerprint density at radius 3 is 2.52 bits per heavy atom. The molecule has 1 amide bonds. The molecule has 2 aromatic carbocycles. The van der Waals surface area contributed by atoms with E-state index in [9.17, 15) is 9.59 Å². The minimum absolute atomic E-state index is 0.0222. The quantitative estimate of drug-likeness (QED) is 0.806. The Kier molecular flexibility index (Phi) is 6.63. The van der Waals surface area contributed by atoms with Crippen LogP contribution in [-0.4, -0.2) is 18.3 Å². The van der Waals surface area contributed by atoms with Crippen molar-refractivity contribution >= 4 is 23.3 Å². The summed E-state index contributed by atoms with van der Waals surface area (Å²) in [6, 6.07) is 16.4. The zero-order valence-electron chi connectivity index (χ0n) is 12.6. The van der Waals surface area contributed by atoms with Gasteiger partial charge < -0.3 is 10.1 Å². The molecule has 0 aliphatic rings. The number of nitrogens with one attached hydrogen (secondary N) is 1. The molecule has 0 aliphatic heterocycles. The molecule has 0 aliphatic carbocycles. The summed E-state index contributed by atoms with van der Waals surface area (Å²) >= 11 is 5.88. The molecule has 0 bridgehead atoms. The van der Waals surface area contributed by atoms with Gasteiger partial charge in [-0.3, -0.25) is 9.59 Å². The molecule has 0 fully saturated rings. The van der Waals surface area contributed by atoms with E-state index in [-0.39, 0.29) is 31.1 Å². The first-order valence-electron chi connectivity index (χ1n) is 7.34. The highest BCUT2D eigenvalue weighted by atomic mass is 35.5. The molecule has 0 saturated heterocycles. The Morgan fingerprint density at radius 2 is 1.78 bits per heavy atom. The highest BCUT2D eigenvalue weighted by molar-refractivity contribution is 6.30. The number of halogens is 1. The third-order valence-electron chi connectivity index (χ3n) is 3.15. The minimum Gasteiger partial charge on any atom is -0.486 e. The summed E-state index contributed by atoms with van der Waals surface area (Å²) in [7, 11) is 0. The average Bonchev–Trinajstić information content (AvgIpc) is 2.57. The summed E-state index contributed by atoms with van der Waals surface area (Å²) in [4.78, 5) is 23.5. The van der Waals surface area contributed by atoms with Crippen molar-refractivity contribution < 1.29 is 14.3 Å². The predicted molar refractivity (Wildman–Crippen MR) is 89.5 cm³/mol. The monoisotopic (exact) mass is 331 g/mol. The lowest BCUT2D eigenvalue weighted by molar-refractivity contribution is -0.126. The van der Waals surface area contributed by atoms with Gasteiger partial charge in [0.15, 0.2) is 5.78 Å². The predicted octanol–water partition coefficient (Wildman–Crippen LogP) is 3.38. The molecule has 0 saturated carbocycles. The Hall–Kier alpha value is -2.33. The van der Waals surface area contributed by atoms with Crippen molar-refractivity contribution in [2.24, 2.45) is 0 Å². The minimum atomic E-state index is -0.168. The van der Waals surface area contributed by atoms with Gasteiger partial charge in [-0.15, -0.1) is 0 Å². The van der Waals surface area contributed by atoms with Crippen molar-refractivity contribution in [1.29, 1.82) is 0 Å². The molecule has 120 valence electrons. The summed E-state index contributed by atoms with van der Waals surface area (Å²) in [6.07, 6.45) is 0.311. The van der Waals surface area contributed by atoms with Crippen LogP contribution >= 0.6 is 11.6 Å². The van der Waals surface area contributed by atoms with Gasteiger partial charge in [0.2, 0.25) is 5.91 Å². The van der Waals surface area contributed by atoms with E-state index in [1.54, 1.807) is 24.3 Å². The van der Waals surface area contributed by atoms with Gasteiger partial charge in [0.05, 0.1) is 0 Å². The van der Waals surface area contributed by atoms with Gasteiger partial charge in [-0.1, -0.05) is 41.9 Å². The smallest absolute Gasteiger partial charge is 0.220 e. The number of para-hydroxylation sites is 1. The largest absolute Gasteiger partial charge is 0.486 e. The lowest BCUT2D eigenvalue weighted by atomic mass is 10.2. The number of ether oxygens (including phenoxy) is 1. The van der Waals surface area contributed by atoms with Gasteiger partial charge >= 0.3 is 0 Å². The number of carbonyl (C=O) groups excluding carboxylic acids is 2. The third-order valence-corrected chi connectivity index (χ3v) is 3.39. The summed E-state index contributed by atoms with van der Waals surface area (Å²) in [5.41, 5.74) is 0.921. The zero-order valence-corrected chi connectivity index (χ0v) is 13.4. The first-order valence-corrected chi connectivity index (χ1v) is 7.72. The van der Waals surface area contributed by atoms with Crippen LogP contribution in [0.4, 0.5) is 0 Å². The van der Waals surface area contributed by atoms with Gasteiger partial charge in [-0.2, -0.15) is 0 Å². The van der Waals surface area contributed by atoms with Gasteiger partial charge in [0.1, 0.15) is 12.4 Å². The van der Waals surface area contributed by atoms with Gasteiger partial charge in [-0.25, -0.2) is 0 Å². The van der Waals surface area contributed by atoms with Crippen LogP contribution in [0.5, 0.6) is 5.75 Å². The number of hydrogen-bond donors (Lipinski definition) is 1. The molecule has 23 heavy (non-hydrogen) atoms. The Balaban J connectivity index is 1.64. The fourth-order valence-electron chi connectivity index (χ4n) is 1.94. The molecule has 0 radical (unpaired) electrons. The van der Waals surface area contributed by atoms with E-state index in [4.69, 9.17) is 16.3 Å². The highest BCUT2D eigenvalue weighted by Gasteiger charge is 2.08. The van der Waals surface area contributed by atoms with Crippen LogP contribution in [-0.2, 0) is 16.1 Å². The van der Waals surface area contributed by atoms with Crippen molar-refractivity contribution in [3.63, 3.8) is 0 Å². The van der Waals surface area contributed by atoms with Crippen molar-refractivity contribution in [2.45, 2.75) is 19.4 Å². The second-order valence-electron chi connectivity index (χ2n) is 5.05. The normalized spacial score (nSPS) is 10.1. The van der Waals surface area contributed by atoms with E-state index in [1.165, 1.54) is 0 Å². The van der Waals surface area contributed by atoms with E-state index in [1.807, 2.05) is 30.3 Å². The van der Waals surface area contributed by atoms with Crippen LogP contribution in [0.25, 0.3) is 0 Å². The number of benzene rings is 2. The SMILES string of the molecule is O=C(CCC(=O)NCc1cccc(Cl)c1)COc1ccccc1. The Morgan fingerprint density at radius 1 is 1.00 bits per heavy atom. The second-order valence-corrected chi connectivity index (χ2v) is 5.48. The zero-order chi connectivity index (χ0) is 16.5. The lowest BCUT2D eigenvalue weighted by Crippen LogP contribution is -2.24. The molecule has 0 spiro atoms. The topological polar surface area (TPSA) is 55.4 Å². The van der Waals surface area contributed by atoms with Crippen molar-refractivity contribution in [3.05, 3.63) is 65.2 Å². The summed E-state index contributed by atoms with van der Waals surface area (Å²) in [6.45, 7) is 0.375. The van der Waals surface area contributed by atoms with Crippen LogP contribution in [0.1, 0.15) is 18.4 Å².